The Morgan fingerprint density at radius 3 is 0.929 bits per heavy atom. The minimum atomic E-state index is -4.64. The van der Waals surface area contributed by atoms with E-state index >= 15 is 0 Å². The van der Waals surface area contributed by atoms with E-state index in [-0.39, 0.29) is 37.6 Å². The van der Waals surface area contributed by atoms with E-state index in [0.29, 0.717) is 0 Å². The third-order valence-corrected chi connectivity index (χ3v) is 0. The van der Waals surface area contributed by atoms with Crippen LogP contribution in [0.5, 0.6) is 0 Å². The van der Waals surface area contributed by atoms with Crippen LogP contribution in [-0.2, 0) is 9.13 Å². The topological polar surface area (TPSA) is 176 Å². The van der Waals surface area contributed by atoms with E-state index in [1.54, 1.807) is 6.92 Å². The minimum absolute atomic E-state index is 0. The van der Waals surface area contributed by atoms with Gasteiger partial charge in [0, 0.05) is 6.61 Å². The van der Waals surface area contributed by atoms with E-state index in [1.807, 2.05) is 0 Å². The Kier molecular flexibility index (Phi) is 21.4. The summed E-state index contributed by atoms with van der Waals surface area (Å²) in [6.07, 6.45) is 0. The predicted molar refractivity (Wildman–Crippen MR) is 42.4 cm³/mol. The molecule has 0 atom stereocenters. The molecule has 0 fully saturated rings. The molecule has 0 aromatic heterocycles. The van der Waals surface area contributed by atoms with Crippen molar-refractivity contribution in [3.8, 4) is 0 Å². The molecule has 0 saturated carbocycles. The average molecular weight is 266 g/mol. The van der Waals surface area contributed by atoms with Crippen LogP contribution in [0.1, 0.15) is 8.35 Å². The van der Waals surface area contributed by atoms with Crippen LogP contribution >= 0.6 is 15.6 Å². The van der Waals surface area contributed by atoms with Crippen molar-refractivity contribution in [3.05, 3.63) is 0 Å². The molecule has 0 aromatic rings. The van der Waals surface area contributed by atoms with Gasteiger partial charge in [-0.1, -0.05) is 0 Å². The monoisotopic (exact) mass is 266 g/mol. The van der Waals surface area contributed by atoms with E-state index in [0.717, 1.165) is 0 Å². The van der Waals surface area contributed by atoms with Crippen molar-refractivity contribution in [1.82, 2.24) is 0 Å². The van der Waals surface area contributed by atoms with Crippen LogP contribution in [0.4, 0.5) is 0 Å². The molecule has 0 rings (SSSR count). The molecule has 9 nitrogen and oxygen atoms in total. The van der Waals surface area contributed by atoms with Crippen LogP contribution in [0.25, 0.3) is 0 Å². The molecular weight excluding hydrogens is 253 g/mol. The van der Waals surface area contributed by atoms with Crippen LogP contribution in [0.3, 0.4) is 0 Å². The zero-order valence-corrected chi connectivity index (χ0v) is 11.3. The number of phosphoric acid groups is 2. The number of rotatable bonds is 0. The summed E-state index contributed by atoms with van der Waals surface area (Å²) in [6.45, 7) is 1.93. The third-order valence-electron chi connectivity index (χ3n) is 0. The molecule has 0 aliphatic carbocycles. The summed E-state index contributed by atoms with van der Waals surface area (Å²) in [4.78, 5) is 43.1. The second kappa shape index (κ2) is 12.3. The summed E-state index contributed by atoms with van der Waals surface area (Å²) >= 11 is 0. The molecule has 0 spiro atoms. The summed E-state index contributed by atoms with van der Waals surface area (Å²) in [5, 5.41) is 7.57. The first kappa shape index (κ1) is 24.4. The number of hydrogen-bond donors (Lipinski definition) is 7. The number of hydrogen-bond acceptors (Lipinski definition) is 3. The van der Waals surface area contributed by atoms with Crippen molar-refractivity contribution in [2.24, 2.45) is 0 Å². The van der Waals surface area contributed by atoms with Crippen LogP contribution < -0.4 is 29.6 Å². The van der Waals surface area contributed by atoms with E-state index in [4.69, 9.17) is 43.6 Å². The first-order chi connectivity index (χ1) is 5.41. The second-order valence-electron chi connectivity index (χ2n) is 1.34. The molecule has 0 radical (unpaired) electrons. The van der Waals surface area contributed by atoms with Gasteiger partial charge in [-0.05, 0) is 6.92 Å². The fourth-order valence-electron chi connectivity index (χ4n) is 0. The van der Waals surface area contributed by atoms with E-state index < -0.39 is 15.6 Å². The van der Waals surface area contributed by atoms with Gasteiger partial charge in [0.1, 0.15) is 0 Å². The summed E-state index contributed by atoms with van der Waals surface area (Å²) < 4.78 is 17.8. The second-order valence-corrected chi connectivity index (χ2v) is 3.40. The smallest absolute Gasteiger partial charge is 1.00 e. The summed E-state index contributed by atoms with van der Waals surface area (Å²) in [5.41, 5.74) is 0. The first-order valence-electron chi connectivity index (χ1n) is 2.59. The summed E-state index contributed by atoms with van der Waals surface area (Å²) in [5.74, 6) is 0. The summed E-state index contributed by atoms with van der Waals surface area (Å²) in [6, 6.07) is 0. The maximum Gasteiger partial charge on any atom is 1.00 e. The van der Waals surface area contributed by atoms with Crippen molar-refractivity contribution in [2.75, 3.05) is 6.61 Å². The number of aliphatic hydroxyl groups excluding tert-OH is 1. The van der Waals surface area contributed by atoms with Gasteiger partial charge >= 0.3 is 45.2 Å². The molecule has 0 heterocycles. The van der Waals surface area contributed by atoms with Gasteiger partial charge in [0.2, 0.25) is 0 Å². The Labute approximate surface area is 104 Å². The van der Waals surface area contributed by atoms with Crippen molar-refractivity contribution < 1.29 is 74.6 Å². The SMILES string of the molecule is CCO.O=P(O)(O)O.O=P(O)(O)O.[H-].[Na+]. The Hall–Kier alpha value is 1.18. The van der Waals surface area contributed by atoms with Gasteiger partial charge in [0.15, 0.2) is 0 Å². The Bertz CT molecular complexity index is 150. The van der Waals surface area contributed by atoms with Gasteiger partial charge in [-0.3, -0.25) is 0 Å². The van der Waals surface area contributed by atoms with Crippen molar-refractivity contribution >= 4 is 15.6 Å². The molecule has 0 aliphatic rings. The van der Waals surface area contributed by atoms with Crippen LogP contribution in [0, 0.1) is 0 Å². The van der Waals surface area contributed by atoms with Gasteiger partial charge in [0.25, 0.3) is 0 Å². The van der Waals surface area contributed by atoms with Gasteiger partial charge < -0.3 is 35.9 Å². The standard InChI is InChI=1S/C2H6O.Na.2H3O4P.H/c1-2-3;;2*1-5(2,3)4;/h3H,2H2,1H3;;2*(H3,1,2,3,4);/q;+1;;;-1. The molecule has 86 valence electrons. The average Bonchev–Trinajstić information content (AvgIpc) is 1.52. The van der Waals surface area contributed by atoms with E-state index in [2.05, 4.69) is 0 Å². The number of aliphatic hydroxyl groups is 1. The van der Waals surface area contributed by atoms with Crippen molar-refractivity contribution in [3.63, 3.8) is 0 Å². The molecule has 0 amide bonds. The molecule has 7 N–H and O–H groups in total. The van der Waals surface area contributed by atoms with Gasteiger partial charge in [0.05, 0.1) is 0 Å². The fraction of sp³-hybridized carbons (Fsp3) is 1.00. The minimum Gasteiger partial charge on any atom is -1.00 e. The predicted octanol–water partition coefficient (Wildman–Crippen LogP) is -4.74. The Balaban J connectivity index is -0.0000000322. The first-order valence-corrected chi connectivity index (χ1v) is 5.72. The molecule has 0 bridgehead atoms. The maximum absolute atomic E-state index is 8.88. The van der Waals surface area contributed by atoms with Crippen LogP contribution in [0.2, 0.25) is 0 Å². The maximum atomic E-state index is 8.88. The molecule has 0 aromatic carbocycles. The molecule has 0 aliphatic heterocycles. The quantitative estimate of drug-likeness (QED) is 0.167. The van der Waals surface area contributed by atoms with Crippen molar-refractivity contribution in [2.45, 2.75) is 6.92 Å². The molecule has 14 heavy (non-hydrogen) atoms. The van der Waals surface area contributed by atoms with Gasteiger partial charge in [-0.25, -0.2) is 9.13 Å². The molecule has 0 saturated heterocycles. The Morgan fingerprint density at radius 1 is 0.929 bits per heavy atom. The molecule has 12 heteroatoms. The largest absolute Gasteiger partial charge is 1.00 e. The van der Waals surface area contributed by atoms with Crippen LogP contribution in [0.15, 0.2) is 0 Å². The normalized spacial score (nSPS) is 9.71. The van der Waals surface area contributed by atoms with E-state index in [9.17, 15) is 0 Å². The zero-order chi connectivity index (χ0) is 11.7. The summed E-state index contributed by atoms with van der Waals surface area (Å²) in [7, 11) is -9.28. The van der Waals surface area contributed by atoms with Gasteiger partial charge in [-0.2, -0.15) is 0 Å². The molecule has 0 unspecified atom stereocenters. The fourth-order valence-corrected chi connectivity index (χ4v) is 0. The zero-order valence-electron chi connectivity index (χ0n) is 8.55. The van der Waals surface area contributed by atoms with Crippen molar-refractivity contribution in [1.29, 1.82) is 0 Å². The molecular formula is C2H13NaO9P2. The van der Waals surface area contributed by atoms with Gasteiger partial charge in [-0.15, -0.1) is 0 Å². The third kappa shape index (κ3) is 1400. The van der Waals surface area contributed by atoms with E-state index in [1.165, 1.54) is 0 Å². The Morgan fingerprint density at radius 2 is 0.929 bits per heavy atom. The van der Waals surface area contributed by atoms with Crippen LogP contribution in [-0.4, -0.2) is 41.1 Å².